The number of hydrogen-bond donors (Lipinski definition) is 0. The number of fused-ring (bicyclic) bond motifs is 1. The smallest absolute Gasteiger partial charge is 0.318 e. The van der Waals surface area contributed by atoms with E-state index in [0.29, 0.717) is 57.7 Å². The number of carbonyl (C=O) groups is 1. The molecule has 9 nitrogen and oxygen atoms in total. The van der Waals surface area contributed by atoms with Gasteiger partial charge >= 0.3 is 6.01 Å². The van der Waals surface area contributed by atoms with Gasteiger partial charge < -0.3 is 19.0 Å². The molecule has 3 fully saturated rings. The van der Waals surface area contributed by atoms with E-state index >= 15 is 0 Å². The van der Waals surface area contributed by atoms with Crippen LogP contribution in [0, 0.1) is 5.41 Å². The second kappa shape index (κ2) is 7.05. The Balaban J connectivity index is 1.15. The highest BCUT2D eigenvalue weighted by atomic mass is 16.5. The van der Waals surface area contributed by atoms with E-state index in [-0.39, 0.29) is 17.4 Å². The van der Waals surface area contributed by atoms with Crippen molar-refractivity contribution < 1.29 is 13.9 Å². The highest BCUT2D eigenvalue weighted by Gasteiger charge is 2.40. The van der Waals surface area contributed by atoms with Crippen molar-refractivity contribution in [2.75, 3.05) is 44.3 Å². The number of amides is 1. The van der Waals surface area contributed by atoms with Crippen molar-refractivity contribution in [2.45, 2.75) is 32.2 Å². The molecule has 9 heteroatoms. The molecule has 4 heterocycles. The van der Waals surface area contributed by atoms with Crippen LogP contribution in [0.15, 0.2) is 28.8 Å². The predicted octanol–water partition coefficient (Wildman–Crippen LogP) is 2.50. The normalized spacial score (nSPS) is 20.8. The molecule has 2 aromatic heterocycles. The molecule has 0 unspecified atom stereocenters. The summed E-state index contributed by atoms with van der Waals surface area (Å²) in [5.74, 6) is 0.766. The van der Waals surface area contributed by atoms with Crippen LogP contribution < -0.4 is 4.90 Å². The number of benzene rings is 1. The van der Waals surface area contributed by atoms with E-state index in [4.69, 9.17) is 9.15 Å². The number of ether oxygens (including phenoxy) is 1. The third-order valence-electron chi connectivity index (χ3n) is 6.81. The average molecular weight is 422 g/mol. The van der Waals surface area contributed by atoms with Gasteiger partial charge in [-0.15, -0.1) is 5.10 Å². The van der Waals surface area contributed by atoms with Crippen LogP contribution in [-0.4, -0.2) is 70.2 Å². The SMILES string of the molecule is CC1(CC(=O)N2CCN(c3nnc(-c4ccc5cnn(C6COC6)c5c4)o3)CC2)CC1. The Kier molecular flexibility index (Phi) is 4.27. The van der Waals surface area contributed by atoms with Crippen molar-refractivity contribution in [1.82, 2.24) is 24.9 Å². The molecule has 2 aliphatic heterocycles. The lowest BCUT2D eigenvalue weighted by Crippen LogP contribution is -2.49. The molecule has 0 bridgehead atoms. The summed E-state index contributed by atoms with van der Waals surface area (Å²) in [6.45, 7) is 6.39. The Morgan fingerprint density at radius 3 is 2.68 bits per heavy atom. The standard InChI is InChI=1S/C22H26N6O3/c1-22(4-5-22)11-19(29)26-6-8-27(9-7-26)21-25-24-20(31-21)15-2-3-16-12-23-28(18(16)10-15)17-13-30-14-17/h2-3,10,12,17H,4-9,11,13-14H2,1H3. The minimum absolute atomic E-state index is 0.248. The largest absolute Gasteiger partial charge is 0.403 e. The number of aromatic nitrogens is 4. The lowest BCUT2D eigenvalue weighted by Gasteiger charge is -2.34. The Labute approximate surface area is 180 Å². The molecule has 1 aromatic carbocycles. The Bertz CT molecular complexity index is 1120. The van der Waals surface area contributed by atoms with E-state index in [9.17, 15) is 4.79 Å². The topological polar surface area (TPSA) is 89.5 Å². The summed E-state index contributed by atoms with van der Waals surface area (Å²) in [6.07, 6.45) is 4.89. The number of carbonyl (C=O) groups excluding carboxylic acids is 1. The molecule has 0 spiro atoms. The molecule has 3 aromatic rings. The van der Waals surface area contributed by atoms with Crippen molar-refractivity contribution >= 4 is 22.8 Å². The van der Waals surface area contributed by atoms with Gasteiger partial charge in [-0.2, -0.15) is 5.10 Å². The summed E-state index contributed by atoms with van der Waals surface area (Å²) >= 11 is 0. The number of rotatable bonds is 5. The van der Waals surface area contributed by atoms with Gasteiger partial charge in [0.15, 0.2) is 0 Å². The van der Waals surface area contributed by atoms with Gasteiger partial charge in [0.2, 0.25) is 11.8 Å². The van der Waals surface area contributed by atoms with Crippen molar-refractivity contribution in [2.24, 2.45) is 5.41 Å². The maximum atomic E-state index is 12.5. The Morgan fingerprint density at radius 2 is 1.97 bits per heavy atom. The number of hydrogen-bond acceptors (Lipinski definition) is 7. The molecule has 1 amide bonds. The van der Waals surface area contributed by atoms with E-state index in [1.807, 2.05) is 34.0 Å². The summed E-state index contributed by atoms with van der Waals surface area (Å²) in [4.78, 5) is 16.5. The van der Waals surface area contributed by atoms with Gasteiger partial charge in [-0.1, -0.05) is 18.1 Å². The van der Waals surface area contributed by atoms with E-state index in [2.05, 4.69) is 27.1 Å². The fourth-order valence-electron chi connectivity index (χ4n) is 4.30. The highest BCUT2D eigenvalue weighted by Crippen LogP contribution is 2.48. The minimum Gasteiger partial charge on any atom is -0.403 e. The zero-order valence-corrected chi connectivity index (χ0v) is 17.7. The monoisotopic (exact) mass is 422 g/mol. The first-order valence-electron chi connectivity index (χ1n) is 11.0. The van der Waals surface area contributed by atoms with Gasteiger partial charge in [0.1, 0.15) is 0 Å². The third-order valence-corrected chi connectivity index (χ3v) is 6.81. The molecule has 2 saturated heterocycles. The molecule has 1 aliphatic carbocycles. The van der Waals surface area contributed by atoms with Gasteiger partial charge in [0.05, 0.1) is 31.0 Å². The lowest BCUT2D eigenvalue weighted by atomic mass is 10.0. The van der Waals surface area contributed by atoms with Crippen LogP contribution in [0.1, 0.15) is 32.2 Å². The number of nitrogens with zero attached hydrogens (tertiary/aromatic N) is 6. The first-order chi connectivity index (χ1) is 15.1. The minimum atomic E-state index is 0.248. The molecule has 3 aliphatic rings. The summed E-state index contributed by atoms with van der Waals surface area (Å²) in [5, 5.41) is 14.1. The van der Waals surface area contributed by atoms with Crippen LogP contribution in [0.4, 0.5) is 6.01 Å². The molecule has 0 radical (unpaired) electrons. The lowest BCUT2D eigenvalue weighted by molar-refractivity contribution is -0.132. The van der Waals surface area contributed by atoms with Crippen LogP contribution in [0.2, 0.25) is 0 Å². The van der Waals surface area contributed by atoms with Crippen LogP contribution in [-0.2, 0) is 9.53 Å². The third kappa shape index (κ3) is 3.46. The molecule has 31 heavy (non-hydrogen) atoms. The molecular formula is C22H26N6O3. The van der Waals surface area contributed by atoms with Crippen molar-refractivity contribution in [3.8, 4) is 11.5 Å². The van der Waals surface area contributed by atoms with Gasteiger partial charge in [-0.25, -0.2) is 0 Å². The van der Waals surface area contributed by atoms with Crippen molar-refractivity contribution in [3.05, 3.63) is 24.4 Å². The van der Waals surface area contributed by atoms with Gasteiger partial charge in [-0.3, -0.25) is 9.48 Å². The summed E-state index contributed by atoms with van der Waals surface area (Å²) in [5.41, 5.74) is 2.17. The van der Waals surface area contributed by atoms with Crippen molar-refractivity contribution in [1.29, 1.82) is 0 Å². The zero-order chi connectivity index (χ0) is 21.0. The average Bonchev–Trinajstić information content (AvgIpc) is 3.15. The van der Waals surface area contributed by atoms with Gasteiger partial charge in [0, 0.05) is 43.5 Å². The maximum Gasteiger partial charge on any atom is 0.318 e. The van der Waals surface area contributed by atoms with Crippen LogP contribution in [0.25, 0.3) is 22.4 Å². The second-order valence-electron chi connectivity index (χ2n) is 9.30. The molecular weight excluding hydrogens is 396 g/mol. The first kappa shape index (κ1) is 18.8. The first-order valence-corrected chi connectivity index (χ1v) is 11.0. The maximum absolute atomic E-state index is 12.5. The van der Waals surface area contributed by atoms with Crippen LogP contribution in [0.3, 0.4) is 0 Å². The van der Waals surface area contributed by atoms with E-state index in [0.717, 1.165) is 16.5 Å². The summed E-state index contributed by atoms with van der Waals surface area (Å²) in [7, 11) is 0. The molecule has 6 rings (SSSR count). The van der Waals surface area contributed by atoms with Gasteiger partial charge in [-0.05, 0) is 30.4 Å². The fourth-order valence-corrected chi connectivity index (χ4v) is 4.30. The number of anilines is 1. The molecule has 1 saturated carbocycles. The molecule has 0 atom stereocenters. The Hall–Kier alpha value is -2.94. The predicted molar refractivity (Wildman–Crippen MR) is 114 cm³/mol. The van der Waals surface area contributed by atoms with E-state index in [1.165, 1.54) is 12.8 Å². The van der Waals surface area contributed by atoms with Crippen LogP contribution >= 0.6 is 0 Å². The fraction of sp³-hybridized carbons (Fsp3) is 0.545. The summed E-state index contributed by atoms with van der Waals surface area (Å²) in [6, 6.07) is 6.86. The molecule has 162 valence electrons. The van der Waals surface area contributed by atoms with Crippen molar-refractivity contribution in [3.63, 3.8) is 0 Å². The summed E-state index contributed by atoms with van der Waals surface area (Å²) < 4.78 is 13.3. The zero-order valence-electron chi connectivity index (χ0n) is 17.7. The molecule has 0 N–H and O–H groups in total. The van der Waals surface area contributed by atoms with Crippen LogP contribution in [0.5, 0.6) is 0 Å². The quantitative estimate of drug-likeness (QED) is 0.624. The Morgan fingerprint density at radius 1 is 1.16 bits per heavy atom. The van der Waals surface area contributed by atoms with Gasteiger partial charge in [0.25, 0.3) is 0 Å². The number of piperazine rings is 1. The van der Waals surface area contributed by atoms with E-state index < -0.39 is 0 Å². The highest BCUT2D eigenvalue weighted by molar-refractivity contribution is 5.83. The second-order valence-corrected chi connectivity index (χ2v) is 9.30. The van der Waals surface area contributed by atoms with E-state index in [1.54, 1.807) is 0 Å².